The molecule has 1 rings (SSSR count). The highest BCUT2D eigenvalue weighted by molar-refractivity contribution is 4.74. The first-order valence-corrected chi connectivity index (χ1v) is 4.36. The summed E-state index contributed by atoms with van der Waals surface area (Å²) in [7, 11) is 0. The van der Waals surface area contributed by atoms with Crippen LogP contribution in [0.4, 0.5) is 0 Å². The Morgan fingerprint density at radius 1 is 1.27 bits per heavy atom. The van der Waals surface area contributed by atoms with Crippen molar-refractivity contribution in [2.75, 3.05) is 19.8 Å². The van der Waals surface area contributed by atoms with E-state index in [-0.39, 0.29) is 0 Å². The lowest BCUT2D eigenvalue weighted by Gasteiger charge is -2.28. The van der Waals surface area contributed by atoms with Crippen LogP contribution in [0.25, 0.3) is 0 Å². The van der Waals surface area contributed by atoms with Gasteiger partial charge in [-0.15, -0.1) is 0 Å². The van der Waals surface area contributed by atoms with Gasteiger partial charge in [0.1, 0.15) is 0 Å². The maximum absolute atomic E-state index is 5.50. The molecule has 0 unspecified atom stereocenters. The summed E-state index contributed by atoms with van der Waals surface area (Å²) in [6.07, 6.45) is 2.11. The third kappa shape index (κ3) is 2.15. The van der Waals surface area contributed by atoms with Gasteiger partial charge in [0.25, 0.3) is 0 Å². The van der Waals surface area contributed by atoms with Crippen LogP contribution in [0.1, 0.15) is 26.7 Å². The Labute approximate surface area is 68.1 Å². The summed E-state index contributed by atoms with van der Waals surface area (Å²) >= 11 is 0. The lowest BCUT2D eigenvalue weighted by Crippen LogP contribution is -2.45. The van der Waals surface area contributed by atoms with Crippen molar-refractivity contribution in [2.24, 2.45) is 0 Å². The Hall–Kier alpha value is -0.120. The van der Waals surface area contributed by atoms with Crippen LogP contribution in [-0.2, 0) is 9.47 Å². The van der Waals surface area contributed by atoms with Gasteiger partial charge >= 0.3 is 0 Å². The summed E-state index contributed by atoms with van der Waals surface area (Å²) in [5.41, 5.74) is 0. The predicted octanol–water partition coefficient (Wildman–Crippen LogP) is 1.10. The normalized spacial score (nSPS) is 22.4. The average molecular weight is 159 g/mol. The van der Waals surface area contributed by atoms with E-state index in [4.69, 9.17) is 9.47 Å². The second-order valence-electron chi connectivity index (χ2n) is 2.65. The second kappa shape index (κ2) is 4.04. The minimum Gasteiger partial charge on any atom is -0.338 e. The maximum Gasteiger partial charge on any atom is 0.227 e. The maximum atomic E-state index is 5.50. The Morgan fingerprint density at radius 2 is 1.91 bits per heavy atom. The molecule has 0 bridgehead atoms. The molecule has 3 nitrogen and oxygen atoms in total. The van der Waals surface area contributed by atoms with Crippen molar-refractivity contribution in [3.63, 3.8) is 0 Å². The first-order valence-electron chi connectivity index (χ1n) is 4.36. The zero-order valence-electron chi connectivity index (χ0n) is 7.35. The van der Waals surface area contributed by atoms with Gasteiger partial charge in [0.15, 0.2) is 0 Å². The fourth-order valence-corrected chi connectivity index (χ4v) is 1.44. The van der Waals surface area contributed by atoms with Crippen molar-refractivity contribution in [3.8, 4) is 0 Å². The van der Waals surface area contributed by atoms with E-state index in [1.165, 1.54) is 0 Å². The minimum absolute atomic E-state index is 0.455. The van der Waals surface area contributed by atoms with Gasteiger partial charge in [-0.1, -0.05) is 0 Å². The van der Waals surface area contributed by atoms with Crippen molar-refractivity contribution >= 4 is 0 Å². The molecule has 0 aromatic heterocycles. The van der Waals surface area contributed by atoms with E-state index in [1.807, 2.05) is 13.8 Å². The van der Waals surface area contributed by atoms with Crippen molar-refractivity contribution in [2.45, 2.75) is 32.6 Å². The van der Waals surface area contributed by atoms with E-state index >= 15 is 0 Å². The van der Waals surface area contributed by atoms with Gasteiger partial charge in [-0.05, 0) is 20.3 Å². The molecule has 1 fully saturated rings. The van der Waals surface area contributed by atoms with Crippen LogP contribution in [0.2, 0.25) is 0 Å². The van der Waals surface area contributed by atoms with Crippen LogP contribution in [0.15, 0.2) is 0 Å². The zero-order valence-corrected chi connectivity index (χ0v) is 7.35. The Morgan fingerprint density at radius 3 is 2.27 bits per heavy atom. The van der Waals surface area contributed by atoms with Crippen LogP contribution in [0.3, 0.4) is 0 Å². The quantitative estimate of drug-likeness (QED) is 0.623. The number of hydrogen-bond donors (Lipinski definition) is 1. The van der Waals surface area contributed by atoms with Gasteiger partial charge < -0.3 is 9.47 Å². The summed E-state index contributed by atoms with van der Waals surface area (Å²) in [5, 5.41) is 3.23. The standard InChI is InChI=1S/C8H17NO2/c1-3-10-8(11-4-2)6-5-7-9-8/h9H,3-7H2,1-2H3. The van der Waals surface area contributed by atoms with Crippen molar-refractivity contribution < 1.29 is 9.47 Å². The smallest absolute Gasteiger partial charge is 0.227 e. The van der Waals surface area contributed by atoms with Crippen LogP contribution in [-0.4, -0.2) is 25.7 Å². The molecule has 1 aliphatic heterocycles. The highest BCUT2D eigenvalue weighted by Gasteiger charge is 2.34. The summed E-state index contributed by atoms with van der Waals surface area (Å²) in [6, 6.07) is 0. The molecule has 1 N–H and O–H groups in total. The summed E-state index contributed by atoms with van der Waals surface area (Å²) in [6.45, 7) is 6.38. The molecule has 0 atom stereocenters. The number of hydrogen-bond acceptors (Lipinski definition) is 3. The first kappa shape index (κ1) is 8.97. The summed E-state index contributed by atoms with van der Waals surface area (Å²) < 4.78 is 11.0. The van der Waals surface area contributed by atoms with Gasteiger partial charge in [-0.2, -0.15) is 0 Å². The molecule has 66 valence electrons. The number of ether oxygens (including phenoxy) is 2. The fraction of sp³-hybridized carbons (Fsp3) is 1.00. The zero-order chi connectivity index (χ0) is 8.16. The van der Waals surface area contributed by atoms with Crippen molar-refractivity contribution in [1.82, 2.24) is 5.32 Å². The van der Waals surface area contributed by atoms with Crippen LogP contribution in [0.5, 0.6) is 0 Å². The van der Waals surface area contributed by atoms with Gasteiger partial charge in [-0.25, -0.2) is 0 Å². The molecule has 1 aliphatic rings. The molecule has 0 radical (unpaired) electrons. The van der Waals surface area contributed by atoms with E-state index in [1.54, 1.807) is 0 Å². The number of rotatable bonds is 4. The van der Waals surface area contributed by atoms with E-state index < -0.39 is 5.91 Å². The Balaban J connectivity index is 2.40. The van der Waals surface area contributed by atoms with Gasteiger partial charge in [0, 0.05) is 26.2 Å². The van der Waals surface area contributed by atoms with Crippen molar-refractivity contribution in [1.29, 1.82) is 0 Å². The molecule has 11 heavy (non-hydrogen) atoms. The first-order chi connectivity index (χ1) is 5.33. The van der Waals surface area contributed by atoms with Gasteiger partial charge in [-0.3, -0.25) is 5.32 Å². The third-order valence-corrected chi connectivity index (χ3v) is 1.83. The van der Waals surface area contributed by atoms with Gasteiger partial charge in [0.05, 0.1) is 0 Å². The van der Waals surface area contributed by atoms with E-state index in [9.17, 15) is 0 Å². The molecule has 0 aromatic rings. The topological polar surface area (TPSA) is 30.5 Å². The van der Waals surface area contributed by atoms with Crippen LogP contribution >= 0.6 is 0 Å². The molecule has 0 saturated carbocycles. The van der Waals surface area contributed by atoms with Crippen LogP contribution in [0, 0.1) is 0 Å². The summed E-state index contributed by atoms with van der Waals surface area (Å²) in [5.74, 6) is -0.455. The monoisotopic (exact) mass is 159 g/mol. The van der Waals surface area contributed by atoms with Crippen molar-refractivity contribution in [3.05, 3.63) is 0 Å². The molecule has 0 aromatic carbocycles. The number of nitrogens with one attached hydrogen (secondary N) is 1. The Bertz CT molecular complexity index is 103. The lowest BCUT2D eigenvalue weighted by molar-refractivity contribution is -0.242. The molecule has 3 heteroatoms. The molecule has 0 amide bonds. The third-order valence-electron chi connectivity index (χ3n) is 1.83. The lowest BCUT2D eigenvalue weighted by atomic mass is 10.3. The fourth-order valence-electron chi connectivity index (χ4n) is 1.44. The summed E-state index contributed by atoms with van der Waals surface area (Å²) in [4.78, 5) is 0. The predicted molar refractivity (Wildman–Crippen MR) is 43.2 cm³/mol. The van der Waals surface area contributed by atoms with Gasteiger partial charge in [0.2, 0.25) is 5.91 Å². The highest BCUT2D eigenvalue weighted by atomic mass is 16.7. The molecule has 0 spiro atoms. The second-order valence-corrected chi connectivity index (χ2v) is 2.65. The van der Waals surface area contributed by atoms with E-state index in [0.717, 1.165) is 19.4 Å². The molecule has 1 saturated heterocycles. The average Bonchev–Trinajstić information content (AvgIpc) is 2.39. The largest absolute Gasteiger partial charge is 0.338 e. The molecular formula is C8H17NO2. The Kier molecular flexibility index (Phi) is 3.30. The SMILES string of the molecule is CCOC1(OCC)CCCN1. The molecule has 0 aliphatic carbocycles. The minimum atomic E-state index is -0.455. The highest BCUT2D eigenvalue weighted by Crippen LogP contribution is 2.21. The molecule has 1 heterocycles. The van der Waals surface area contributed by atoms with Crippen LogP contribution < -0.4 is 5.32 Å². The molecular weight excluding hydrogens is 142 g/mol. The van der Waals surface area contributed by atoms with E-state index in [2.05, 4.69) is 5.32 Å². The van der Waals surface area contributed by atoms with E-state index in [0.29, 0.717) is 13.2 Å².